The van der Waals surface area contributed by atoms with Gasteiger partial charge in [0.15, 0.2) is 11.5 Å². The topological polar surface area (TPSA) is 54.7 Å². The highest BCUT2D eigenvalue weighted by atomic mass is 16.5. The molecule has 0 N–H and O–H groups in total. The van der Waals surface area contributed by atoms with Crippen molar-refractivity contribution in [2.75, 3.05) is 27.3 Å². The molecule has 0 aliphatic carbocycles. The Balaban J connectivity index is 2.36. The summed E-state index contributed by atoms with van der Waals surface area (Å²) in [4.78, 5) is 2.14. The maximum absolute atomic E-state index is 9.66. The second kappa shape index (κ2) is 6.79. The number of rotatable bonds is 4. The number of methoxy groups -OCH3 is 2. The first kappa shape index (κ1) is 15.6. The third-order valence-electron chi connectivity index (χ3n) is 3.66. The summed E-state index contributed by atoms with van der Waals surface area (Å²) in [5.74, 6) is 1.27. The van der Waals surface area contributed by atoms with Gasteiger partial charge in [-0.25, -0.2) is 0 Å². The summed E-state index contributed by atoms with van der Waals surface area (Å²) in [6, 6.07) is 7.65. The highest BCUT2D eigenvalue weighted by Crippen LogP contribution is 2.37. The van der Waals surface area contributed by atoms with E-state index in [0.29, 0.717) is 11.5 Å². The average molecular weight is 290 g/mol. The molecule has 0 aromatic heterocycles. The second-order valence-corrected chi connectivity index (χ2v) is 5.33. The Bertz CT molecular complexity index is 517. The van der Waals surface area contributed by atoms with Gasteiger partial charge in [-0.3, -0.25) is 4.90 Å². The lowest BCUT2D eigenvalue weighted by Crippen LogP contribution is -2.46. The van der Waals surface area contributed by atoms with Crippen LogP contribution in [-0.2, 0) is 4.74 Å². The molecule has 1 heterocycles. The fourth-order valence-corrected chi connectivity index (χ4v) is 2.90. The lowest BCUT2D eigenvalue weighted by Gasteiger charge is -2.38. The van der Waals surface area contributed by atoms with Gasteiger partial charge in [0.25, 0.3) is 0 Å². The molecule has 0 bridgehead atoms. The van der Waals surface area contributed by atoms with Gasteiger partial charge in [0.05, 0.1) is 32.5 Å². The summed E-state index contributed by atoms with van der Waals surface area (Å²) in [7, 11) is 3.20. The van der Waals surface area contributed by atoms with Gasteiger partial charge in [-0.2, -0.15) is 5.26 Å². The third kappa shape index (κ3) is 3.29. The first-order valence-electron chi connectivity index (χ1n) is 7.10. The second-order valence-electron chi connectivity index (χ2n) is 5.33. The van der Waals surface area contributed by atoms with Crippen LogP contribution in [-0.4, -0.2) is 44.4 Å². The Labute approximate surface area is 126 Å². The number of nitrogens with zero attached hydrogens (tertiary/aromatic N) is 2. The van der Waals surface area contributed by atoms with Crippen molar-refractivity contribution in [1.29, 1.82) is 5.26 Å². The van der Waals surface area contributed by atoms with Crippen molar-refractivity contribution < 1.29 is 14.2 Å². The lowest BCUT2D eigenvalue weighted by atomic mass is 10.0. The van der Waals surface area contributed by atoms with Crippen molar-refractivity contribution in [2.45, 2.75) is 32.1 Å². The first-order valence-corrected chi connectivity index (χ1v) is 7.10. The molecule has 1 aromatic rings. The van der Waals surface area contributed by atoms with Gasteiger partial charge in [0.1, 0.15) is 6.04 Å². The Morgan fingerprint density at radius 2 is 1.90 bits per heavy atom. The number of hydrogen-bond donors (Lipinski definition) is 0. The summed E-state index contributed by atoms with van der Waals surface area (Å²) < 4.78 is 16.5. The Morgan fingerprint density at radius 1 is 1.24 bits per heavy atom. The van der Waals surface area contributed by atoms with E-state index in [1.807, 2.05) is 32.0 Å². The molecule has 1 fully saturated rings. The van der Waals surface area contributed by atoms with Gasteiger partial charge in [-0.05, 0) is 19.9 Å². The van der Waals surface area contributed by atoms with Crippen LogP contribution >= 0.6 is 0 Å². The average Bonchev–Trinajstić information content (AvgIpc) is 2.46. The third-order valence-corrected chi connectivity index (χ3v) is 3.66. The molecule has 114 valence electrons. The van der Waals surface area contributed by atoms with Crippen molar-refractivity contribution in [3.05, 3.63) is 23.8 Å². The van der Waals surface area contributed by atoms with E-state index in [4.69, 9.17) is 14.2 Å². The lowest BCUT2D eigenvalue weighted by molar-refractivity contribution is -0.0751. The molecule has 1 aliphatic heterocycles. The molecule has 21 heavy (non-hydrogen) atoms. The van der Waals surface area contributed by atoms with E-state index < -0.39 is 0 Å². The number of morpholine rings is 1. The van der Waals surface area contributed by atoms with Gasteiger partial charge in [0, 0.05) is 18.7 Å². The van der Waals surface area contributed by atoms with Gasteiger partial charge >= 0.3 is 0 Å². The zero-order chi connectivity index (χ0) is 15.4. The molecular weight excluding hydrogens is 268 g/mol. The fraction of sp³-hybridized carbons (Fsp3) is 0.562. The number of para-hydroxylation sites is 1. The number of nitriles is 1. The van der Waals surface area contributed by atoms with Crippen LogP contribution in [0.5, 0.6) is 11.5 Å². The van der Waals surface area contributed by atoms with E-state index in [-0.39, 0.29) is 18.2 Å². The molecule has 0 radical (unpaired) electrons. The fourth-order valence-electron chi connectivity index (χ4n) is 2.90. The first-order chi connectivity index (χ1) is 10.1. The van der Waals surface area contributed by atoms with E-state index in [1.54, 1.807) is 14.2 Å². The normalized spacial score (nSPS) is 24.1. The van der Waals surface area contributed by atoms with Crippen LogP contribution < -0.4 is 9.47 Å². The smallest absolute Gasteiger partial charge is 0.166 e. The summed E-state index contributed by atoms with van der Waals surface area (Å²) >= 11 is 0. The van der Waals surface area contributed by atoms with Gasteiger partial charge in [0.2, 0.25) is 0 Å². The molecule has 5 heteroatoms. The van der Waals surface area contributed by atoms with E-state index in [0.717, 1.165) is 18.7 Å². The molecule has 0 amide bonds. The van der Waals surface area contributed by atoms with Crippen molar-refractivity contribution in [2.24, 2.45) is 0 Å². The molecule has 1 aliphatic rings. The van der Waals surface area contributed by atoms with Crippen LogP contribution in [0.1, 0.15) is 25.5 Å². The Morgan fingerprint density at radius 3 is 2.43 bits per heavy atom. The number of ether oxygens (including phenoxy) is 3. The minimum atomic E-state index is -0.371. The quantitative estimate of drug-likeness (QED) is 0.852. The largest absolute Gasteiger partial charge is 0.493 e. The van der Waals surface area contributed by atoms with Crippen LogP contribution in [0.4, 0.5) is 0 Å². The van der Waals surface area contributed by atoms with Gasteiger partial charge in [-0.15, -0.1) is 0 Å². The van der Waals surface area contributed by atoms with Crippen molar-refractivity contribution in [1.82, 2.24) is 4.90 Å². The Kier molecular flexibility index (Phi) is 5.05. The maximum atomic E-state index is 9.66. The summed E-state index contributed by atoms with van der Waals surface area (Å²) in [5.41, 5.74) is 0.834. The van der Waals surface area contributed by atoms with Gasteiger partial charge in [-0.1, -0.05) is 12.1 Å². The van der Waals surface area contributed by atoms with E-state index >= 15 is 0 Å². The van der Waals surface area contributed by atoms with E-state index in [1.165, 1.54) is 0 Å². The Hall–Kier alpha value is -1.77. The van der Waals surface area contributed by atoms with Crippen LogP contribution in [0.3, 0.4) is 0 Å². The summed E-state index contributed by atoms with van der Waals surface area (Å²) in [6.45, 7) is 5.51. The van der Waals surface area contributed by atoms with Crippen LogP contribution in [0, 0.1) is 11.3 Å². The predicted molar refractivity (Wildman–Crippen MR) is 79.5 cm³/mol. The molecule has 5 nitrogen and oxygen atoms in total. The molecule has 0 spiro atoms. The molecule has 3 atom stereocenters. The SMILES string of the molecule is COc1cccc(C(C#N)N2CC(C)OC(C)C2)c1OC. The zero-order valence-corrected chi connectivity index (χ0v) is 13.0. The molecule has 1 saturated heterocycles. The monoisotopic (exact) mass is 290 g/mol. The van der Waals surface area contributed by atoms with E-state index in [9.17, 15) is 5.26 Å². The standard InChI is InChI=1S/C16H22N2O3/c1-11-9-18(10-12(2)21-11)14(8-17)13-6-5-7-15(19-3)16(13)20-4/h5-7,11-12,14H,9-10H2,1-4H3. The molecule has 0 saturated carbocycles. The highest BCUT2D eigenvalue weighted by Gasteiger charge is 2.31. The highest BCUT2D eigenvalue weighted by molar-refractivity contribution is 5.49. The molecule has 1 aromatic carbocycles. The summed E-state index contributed by atoms with van der Waals surface area (Å²) in [5, 5.41) is 9.66. The van der Waals surface area contributed by atoms with Crippen molar-refractivity contribution >= 4 is 0 Å². The minimum absolute atomic E-state index is 0.112. The summed E-state index contributed by atoms with van der Waals surface area (Å²) in [6.07, 6.45) is 0.224. The van der Waals surface area contributed by atoms with Crippen LogP contribution in [0.25, 0.3) is 0 Å². The van der Waals surface area contributed by atoms with E-state index in [2.05, 4.69) is 11.0 Å². The number of benzene rings is 1. The van der Waals surface area contributed by atoms with Gasteiger partial charge < -0.3 is 14.2 Å². The van der Waals surface area contributed by atoms with Crippen LogP contribution in [0.2, 0.25) is 0 Å². The number of hydrogen-bond acceptors (Lipinski definition) is 5. The maximum Gasteiger partial charge on any atom is 0.166 e. The van der Waals surface area contributed by atoms with Crippen molar-refractivity contribution in [3.63, 3.8) is 0 Å². The molecular formula is C16H22N2O3. The zero-order valence-electron chi connectivity index (χ0n) is 13.0. The van der Waals surface area contributed by atoms with Crippen LogP contribution in [0.15, 0.2) is 18.2 Å². The molecule has 3 unspecified atom stereocenters. The minimum Gasteiger partial charge on any atom is -0.493 e. The predicted octanol–water partition coefficient (Wildman–Crippen LogP) is 2.38. The van der Waals surface area contributed by atoms with Crippen molar-refractivity contribution in [3.8, 4) is 17.6 Å². The molecule has 2 rings (SSSR count).